The number of nitrogens with zero attached hydrogens (tertiary/aromatic N) is 1. The van der Waals surface area contributed by atoms with Crippen molar-refractivity contribution in [2.45, 2.75) is 6.54 Å². The van der Waals surface area contributed by atoms with Crippen LogP contribution in [-0.2, 0) is 6.54 Å². The number of phenolic OH excluding ortho intramolecular Hbond substituents is 1. The second-order valence-electron chi connectivity index (χ2n) is 4.32. The van der Waals surface area contributed by atoms with Crippen LogP contribution >= 0.6 is 0 Å². The van der Waals surface area contributed by atoms with Crippen LogP contribution in [0.15, 0.2) is 58.3 Å². The summed E-state index contributed by atoms with van der Waals surface area (Å²) in [4.78, 5) is 10.4. The molecule has 94 valence electrons. The van der Waals surface area contributed by atoms with E-state index < -0.39 is 0 Å². The lowest BCUT2D eigenvalue weighted by atomic mass is 10.0. The van der Waals surface area contributed by atoms with Crippen LogP contribution in [0.3, 0.4) is 0 Å². The molecule has 1 N–H and O–H groups in total. The number of rotatable bonds is 3. The van der Waals surface area contributed by atoms with Crippen LogP contribution in [0, 0.1) is 4.91 Å². The highest BCUT2D eigenvalue weighted by Crippen LogP contribution is 2.32. The topological polar surface area (TPSA) is 62.8 Å². The highest BCUT2D eigenvalue weighted by Gasteiger charge is 2.09. The first kappa shape index (κ1) is 11.5. The van der Waals surface area contributed by atoms with E-state index >= 15 is 0 Å². The Hall–Kier alpha value is -2.62. The van der Waals surface area contributed by atoms with E-state index in [4.69, 9.17) is 4.42 Å². The smallest absolute Gasteiger partial charge is 0.141 e. The molecule has 1 aromatic heterocycles. The fourth-order valence-corrected chi connectivity index (χ4v) is 2.17. The summed E-state index contributed by atoms with van der Waals surface area (Å²) < 4.78 is 5.50. The second kappa shape index (κ2) is 4.57. The summed E-state index contributed by atoms with van der Waals surface area (Å²) in [6.45, 7) is 0.131. The third-order valence-corrected chi connectivity index (χ3v) is 3.04. The van der Waals surface area contributed by atoms with Gasteiger partial charge in [-0.05, 0) is 41.5 Å². The Morgan fingerprint density at radius 1 is 1.11 bits per heavy atom. The molecule has 4 heteroatoms. The van der Waals surface area contributed by atoms with Crippen molar-refractivity contribution in [2.75, 3.05) is 0 Å². The minimum atomic E-state index is 0.131. The van der Waals surface area contributed by atoms with Crippen molar-refractivity contribution in [2.24, 2.45) is 5.18 Å². The van der Waals surface area contributed by atoms with Gasteiger partial charge < -0.3 is 9.52 Å². The van der Waals surface area contributed by atoms with Gasteiger partial charge in [-0.25, -0.2) is 0 Å². The lowest BCUT2D eigenvalue weighted by Crippen LogP contribution is -1.85. The Labute approximate surface area is 109 Å². The van der Waals surface area contributed by atoms with Gasteiger partial charge in [0.15, 0.2) is 0 Å². The predicted octanol–water partition coefficient (Wildman–Crippen LogP) is 4.07. The van der Waals surface area contributed by atoms with Crippen LogP contribution in [0.2, 0.25) is 0 Å². The van der Waals surface area contributed by atoms with Gasteiger partial charge in [0.25, 0.3) is 0 Å². The molecular formula is C15H11NO3. The molecule has 0 radical (unpaired) electrons. The Morgan fingerprint density at radius 2 is 1.89 bits per heavy atom. The lowest BCUT2D eigenvalue weighted by molar-refractivity contribution is 0.475. The molecule has 0 bridgehead atoms. The SMILES string of the molecule is O=NCc1cc(-c2ccc(O)cc2)c2occc2c1. The van der Waals surface area contributed by atoms with E-state index in [1.54, 1.807) is 18.4 Å². The first-order chi connectivity index (χ1) is 9.28. The molecule has 4 nitrogen and oxygen atoms in total. The van der Waals surface area contributed by atoms with E-state index in [1.807, 2.05) is 30.3 Å². The maximum atomic E-state index is 10.4. The van der Waals surface area contributed by atoms with E-state index in [2.05, 4.69) is 5.18 Å². The molecular weight excluding hydrogens is 242 g/mol. The van der Waals surface area contributed by atoms with E-state index in [0.717, 1.165) is 27.7 Å². The highest BCUT2D eigenvalue weighted by molar-refractivity contribution is 5.93. The minimum absolute atomic E-state index is 0.131. The summed E-state index contributed by atoms with van der Waals surface area (Å²) in [6, 6.07) is 12.5. The molecule has 0 saturated carbocycles. The first-order valence-corrected chi connectivity index (χ1v) is 5.86. The summed E-state index contributed by atoms with van der Waals surface area (Å²) >= 11 is 0. The summed E-state index contributed by atoms with van der Waals surface area (Å²) in [7, 11) is 0. The van der Waals surface area contributed by atoms with Crippen molar-refractivity contribution in [3.63, 3.8) is 0 Å². The molecule has 0 saturated heterocycles. The number of nitroso groups, excluding NO2 is 1. The van der Waals surface area contributed by atoms with Crippen LogP contribution in [0.1, 0.15) is 5.56 Å². The van der Waals surface area contributed by atoms with Crippen molar-refractivity contribution >= 4 is 11.0 Å². The molecule has 3 rings (SSSR count). The van der Waals surface area contributed by atoms with Gasteiger partial charge in [0.1, 0.15) is 17.9 Å². The standard InChI is InChI=1S/C15H11NO3/c17-13-3-1-11(2-4-13)14-8-10(9-16-18)7-12-5-6-19-15(12)14/h1-8,17H,9H2. The van der Waals surface area contributed by atoms with Crippen molar-refractivity contribution in [1.82, 2.24) is 0 Å². The van der Waals surface area contributed by atoms with Crippen LogP contribution in [0.5, 0.6) is 5.75 Å². The van der Waals surface area contributed by atoms with Gasteiger partial charge in [0, 0.05) is 10.9 Å². The number of aromatic hydroxyl groups is 1. The molecule has 0 atom stereocenters. The number of hydrogen-bond acceptors (Lipinski definition) is 4. The zero-order chi connectivity index (χ0) is 13.2. The minimum Gasteiger partial charge on any atom is -0.508 e. The Balaban J connectivity index is 2.22. The predicted molar refractivity (Wildman–Crippen MR) is 72.8 cm³/mol. The van der Waals surface area contributed by atoms with Crippen LogP contribution < -0.4 is 0 Å². The van der Waals surface area contributed by atoms with Gasteiger partial charge in [-0.15, -0.1) is 0 Å². The van der Waals surface area contributed by atoms with Gasteiger partial charge in [-0.2, -0.15) is 4.91 Å². The van der Waals surface area contributed by atoms with E-state index in [-0.39, 0.29) is 12.3 Å². The molecule has 3 aromatic rings. The van der Waals surface area contributed by atoms with Crippen LogP contribution in [0.4, 0.5) is 0 Å². The van der Waals surface area contributed by atoms with E-state index in [9.17, 15) is 10.0 Å². The summed E-state index contributed by atoms with van der Waals surface area (Å²) in [5, 5.41) is 13.2. The molecule has 1 heterocycles. The molecule has 0 spiro atoms. The van der Waals surface area contributed by atoms with Gasteiger partial charge in [-0.1, -0.05) is 17.3 Å². The normalized spacial score (nSPS) is 10.7. The molecule has 0 aliphatic carbocycles. The summed E-state index contributed by atoms with van der Waals surface area (Å²) in [5.74, 6) is 0.213. The maximum absolute atomic E-state index is 10.4. The van der Waals surface area contributed by atoms with Gasteiger partial charge in [0.2, 0.25) is 0 Å². The fourth-order valence-electron chi connectivity index (χ4n) is 2.17. The van der Waals surface area contributed by atoms with Gasteiger partial charge >= 0.3 is 0 Å². The zero-order valence-electron chi connectivity index (χ0n) is 10.0. The molecule has 0 amide bonds. The monoisotopic (exact) mass is 253 g/mol. The van der Waals surface area contributed by atoms with E-state index in [0.29, 0.717) is 0 Å². The second-order valence-corrected chi connectivity index (χ2v) is 4.32. The van der Waals surface area contributed by atoms with Gasteiger partial charge in [-0.3, -0.25) is 0 Å². The molecule has 19 heavy (non-hydrogen) atoms. The average molecular weight is 253 g/mol. The molecule has 0 fully saturated rings. The van der Waals surface area contributed by atoms with Crippen LogP contribution in [0.25, 0.3) is 22.1 Å². The maximum Gasteiger partial charge on any atom is 0.141 e. The summed E-state index contributed by atoms with van der Waals surface area (Å²) in [6.07, 6.45) is 1.62. The Bertz CT molecular complexity index is 729. The Morgan fingerprint density at radius 3 is 2.63 bits per heavy atom. The third kappa shape index (κ3) is 2.08. The van der Waals surface area contributed by atoms with Crippen molar-refractivity contribution in [1.29, 1.82) is 0 Å². The lowest BCUT2D eigenvalue weighted by Gasteiger charge is -2.05. The van der Waals surface area contributed by atoms with Crippen LogP contribution in [-0.4, -0.2) is 5.11 Å². The highest BCUT2D eigenvalue weighted by atomic mass is 16.3. The quantitative estimate of drug-likeness (QED) is 0.715. The zero-order valence-corrected chi connectivity index (χ0v) is 10.0. The fraction of sp³-hybridized carbons (Fsp3) is 0.0667. The largest absolute Gasteiger partial charge is 0.508 e. The van der Waals surface area contributed by atoms with Crippen molar-refractivity contribution in [3.05, 3.63) is 59.2 Å². The summed E-state index contributed by atoms with van der Waals surface area (Å²) in [5.41, 5.74) is 3.42. The molecule has 0 unspecified atom stereocenters. The van der Waals surface area contributed by atoms with E-state index in [1.165, 1.54) is 0 Å². The third-order valence-electron chi connectivity index (χ3n) is 3.04. The number of furan rings is 1. The van der Waals surface area contributed by atoms with Gasteiger partial charge in [0.05, 0.1) is 6.26 Å². The number of phenols is 1. The molecule has 2 aromatic carbocycles. The number of fused-ring (bicyclic) bond motifs is 1. The number of hydrogen-bond donors (Lipinski definition) is 1. The number of benzene rings is 2. The molecule has 0 aliphatic rings. The Kier molecular flexibility index (Phi) is 2.76. The molecule has 0 aliphatic heterocycles. The average Bonchev–Trinajstić information content (AvgIpc) is 2.87. The van der Waals surface area contributed by atoms with Crippen molar-refractivity contribution < 1.29 is 9.52 Å². The first-order valence-electron chi connectivity index (χ1n) is 5.86. The van der Waals surface area contributed by atoms with Crippen molar-refractivity contribution in [3.8, 4) is 16.9 Å².